The first-order valence-electron chi connectivity index (χ1n) is 8.00. The molecule has 2 N–H and O–H groups in total. The molecule has 4 heteroatoms. The van der Waals surface area contributed by atoms with Crippen LogP contribution in [0, 0.1) is 11.6 Å². The van der Waals surface area contributed by atoms with Gasteiger partial charge >= 0.3 is 0 Å². The van der Waals surface area contributed by atoms with E-state index in [0.717, 1.165) is 31.9 Å². The molecule has 0 aromatic heterocycles. The molecule has 1 aromatic carbocycles. The molecular formula is C17H26F2N2. The normalized spacial score (nSPS) is 18.1. The fraction of sp³-hybridized carbons (Fsp3) is 0.647. The molecule has 0 unspecified atom stereocenters. The molecule has 1 aliphatic carbocycles. The summed E-state index contributed by atoms with van der Waals surface area (Å²) in [5.41, 5.74) is 6.63. The first-order chi connectivity index (χ1) is 10.1. The van der Waals surface area contributed by atoms with Crippen molar-refractivity contribution in [2.75, 3.05) is 13.1 Å². The molecule has 0 saturated heterocycles. The van der Waals surface area contributed by atoms with Crippen molar-refractivity contribution >= 4 is 0 Å². The van der Waals surface area contributed by atoms with Crippen molar-refractivity contribution in [1.82, 2.24) is 4.90 Å². The summed E-state index contributed by atoms with van der Waals surface area (Å²) in [6.45, 7) is 4.14. The Morgan fingerprint density at radius 3 is 2.48 bits per heavy atom. The van der Waals surface area contributed by atoms with Crippen LogP contribution in [-0.4, -0.2) is 23.5 Å². The van der Waals surface area contributed by atoms with Gasteiger partial charge in [-0.25, -0.2) is 8.78 Å². The number of nitrogens with two attached hydrogens (primary N) is 1. The van der Waals surface area contributed by atoms with Crippen LogP contribution in [0.4, 0.5) is 8.78 Å². The largest absolute Gasteiger partial charge is 0.329 e. The molecule has 1 aromatic rings. The van der Waals surface area contributed by atoms with Gasteiger partial charge in [0, 0.05) is 30.3 Å². The smallest absolute Gasteiger partial charge is 0.130 e. The molecule has 0 amide bonds. The van der Waals surface area contributed by atoms with Gasteiger partial charge in [0.1, 0.15) is 11.6 Å². The first-order valence-corrected chi connectivity index (χ1v) is 8.00. The summed E-state index contributed by atoms with van der Waals surface area (Å²) in [6, 6.07) is 3.86. The van der Waals surface area contributed by atoms with E-state index in [1.165, 1.54) is 25.3 Å². The summed E-state index contributed by atoms with van der Waals surface area (Å²) < 4.78 is 27.0. The predicted octanol–water partition coefficient (Wildman–Crippen LogP) is 3.84. The van der Waals surface area contributed by atoms with E-state index in [0.29, 0.717) is 18.7 Å². The highest BCUT2D eigenvalue weighted by Crippen LogP contribution is 2.34. The van der Waals surface area contributed by atoms with Crippen LogP contribution < -0.4 is 5.73 Å². The number of rotatable bonds is 6. The van der Waals surface area contributed by atoms with E-state index in [9.17, 15) is 8.78 Å². The van der Waals surface area contributed by atoms with E-state index in [1.807, 2.05) is 0 Å². The number of hydrogen-bond acceptors (Lipinski definition) is 2. The van der Waals surface area contributed by atoms with Crippen LogP contribution >= 0.6 is 0 Å². The number of benzene rings is 1. The van der Waals surface area contributed by atoms with Crippen molar-refractivity contribution in [3.05, 3.63) is 35.4 Å². The molecule has 0 aliphatic heterocycles. The molecule has 2 nitrogen and oxygen atoms in total. The highest BCUT2D eigenvalue weighted by atomic mass is 19.1. The zero-order chi connectivity index (χ0) is 15.3. The summed E-state index contributed by atoms with van der Waals surface area (Å²) in [6.07, 6.45) is 6.78. The molecule has 1 aliphatic rings. The van der Waals surface area contributed by atoms with E-state index in [-0.39, 0.29) is 5.54 Å². The van der Waals surface area contributed by atoms with E-state index in [4.69, 9.17) is 5.73 Å². The van der Waals surface area contributed by atoms with Gasteiger partial charge in [-0.15, -0.1) is 0 Å². The Balaban J connectivity index is 2.21. The van der Waals surface area contributed by atoms with Crippen LogP contribution in [0.3, 0.4) is 0 Å². The Morgan fingerprint density at radius 2 is 1.90 bits per heavy atom. The van der Waals surface area contributed by atoms with Gasteiger partial charge in [-0.2, -0.15) is 0 Å². The topological polar surface area (TPSA) is 29.3 Å². The Hall–Kier alpha value is -1.00. The monoisotopic (exact) mass is 296 g/mol. The van der Waals surface area contributed by atoms with Gasteiger partial charge in [0.15, 0.2) is 0 Å². The Bertz CT molecular complexity index is 456. The third-order valence-electron chi connectivity index (χ3n) is 4.70. The lowest BCUT2D eigenvalue weighted by atomic mass is 9.80. The quantitative estimate of drug-likeness (QED) is 0.864. The molecule has 0 atom stereocenters. The van der Waals surface area contributed by atoms with Crippen molar-refractivity contribution in [2.24, 2.45) is 5.73 Å². The van der Waals surface area contributed by atoms with Crippen molar-refractivity contribution in [3.63, 3.8) is 0 Å². The van der Waals surface area contributed by atoms with E-state index in [2.05, 4.69) is 11.8 Å². The minimum Gasteiger partial charge on any atom is -0.329 e. The molecular weight excluding hydrogens is 270 g/mol. The summed E-state index contributed by atoms with van der Waals surface area (Å²) in [5.74, 6) is -0.983. The van der Waals surface area contributed by atoms with Crippen LogP contribution in [0.2, 0.25) is 0 Å². The predicted molar refractivity (Wildman–Crippen MR) is 81.9 cm³/mol. The molecule has 0 bridgehead atoms. The molecule has 21 heavy (non-hydrogen) atoms. The van der Waals surface area contributed by atoms with Gasteiger partial charge < -0.3 is 5.73 Å². The second-order valence-electron chi connectivity index (χ2n) is 6.15. The SMILES string of the molecule is CCCN(Cc1ccc(F)cc1F)C1(CN)CCCCC1. The summed E-state index contributed by atoms with van der Waals surface area (Å²) >= 11 is 0. The van der Waals surface area contributed by atoms with Gasteiger partial charge in [0.05, 0.1) is 0 Å². The van der Waals surface area contributed by atoms with Crippen molar-refractivity contribution in [1.29, 1.82) is 0 Å². The van der Waals surface area contributed by atoms with Gasteiger partial charge in [-0.05, 0) is 31.9 Å². The second kappa shape index (κ2) is 7.32. The summed E-state index contributed by atoms with van der Waals surface area (Å²) in [4.78, 5) is 2.32. The maximum atomic E-state index is 13.9. The summed E-state index contributed by atoms with van der Waals surface area (Å²) in [7, 11) is 0. The summed E-state index contributed by atoms with van der Waals surface area (Å²) in [5, 5.41) is 0. The lowest BCUT2D eigenvalue weighted by molar-refractivity contribution is 0.0485. The maximum absolute atomic E-state index is 13.9. The zero-order valence-electron chi connectivity index (χ0n) is 12.9. The zero-order valence-corrected chi connectivity index (χ0v) is 12.9. The number of hydrogen-bond donors (Lipinski definition) is 1. The van der Waals surface area contributed by atoms with Gasteiger partial charge in [-0.1, -0.05) is 32.3 Å². The standard InChI is InChI=1S/C17H26F2N2/c1-2-10-21(17(13-20)8-4-3-5-9-17)12-14-6-7-15(18)11-16(14)19/h6-7,11H,2-5,8-10,12-13,20H2,1H3. The van der Waals surface area contributed by atoms with Crippen molar-refractivity contribution in [2.45, 2.75) is 57.5 Å². The molecule has 118 valence electrons. The Labute approximate surface area is 126 Å². The highest BCUT2D eigenvalue weighted by Gasteiger charge is 2.36. The minimum atomic E-state index is -0.524. The van der Waals surface area contributed by atoms with Crippen molar-refractivity contribution < 1.29 is 8.78 Å². The lowest BCUT2D eigenvalue weighted by Crippen LogP contribution is -2.54. The number of nitrogens with zero attached hydrogens (tertiary/aromatic N) is 1. The molecule has 0 radical (unpaired) electrons. The molecule has 0 heterocycles. The highest BCUT2D eigenvalue weighted by molar-refractivity contribution is 5.19. The Kier molecular flexibility index (Phi) is 5.71. The van der Waals surface area contributed by atoms with Gasteiger partial charge in [-0.3, -0.25) is 4.90 Å². The van der Waals surface area contributed by atoms with E-state index in [1.54, 1.807) is 6.07 Å². The van der Waals surface area contributed by atoms with Crippen LogP contribution in [0.1, 0.15) is 51.0 Å². The van der Waals surface area contributed by atoms with Crippen LogP contribution in [-0.2, 0) is 6.54 Å². The molecule has 1 fully saturated rings. The average molecular weight is 296 g/mol. The molecule has 2 rings (SSSR count). The fourth-order valence-electron chi connectivity index (χ4n) is 3.47. The average Bonchev–Trinajstić information content (AvgIpc) is 2.50. The maximum Gasteiger partial charge on any atom is 0.130 e. The third-order valence-corrected chi connectivity index (χ3v) is 4.70. The van der Waals surface area contributed by atoms with Gasteiger partial charge in [0.25, 0.3) is 0 Å². The lowest BCUT2D eigenvalue weighted by Gasteiger charge is -2.46. The van der Waals surface area contributed by atoms with Crippen LogP contribution in [0.15, 0.2) is 18.2 Å². The van der Waals surface area contributed by atoms with E-state index >= 15 is 0 Å². The van der Waals surface area contributed by atoms with Crippen LogP contribution in [0.25, 0.3) is 0 Å². The molecule has 0 spiro atoms. The third kappa shape index (κ3) is 3.80. The number of halogens is 2. The first kappa shape index (κ1) is 16.4. The minimum absolute atomic E-state index is 0.0188. The second-order valence-corrected chi connectivity index (χ2v) is 6.15. The Morgan fingerprint density at radius 1 is 1.19 bits per heavy atom. The fourth-order valence-corrected chi connectivity index (χ4v) is 3.47. The van der Waals surface area contributed by atoms with Crippen molar-refractivity contribution in [3.8, 4) is 0 Å². The molecule has 1 saturated carbocycles. The van der Waals surface area contributed by atoms with E-state index < -0.39 is 11.6 Å². The van der Waals surface area contributed by atoms with Crippen LogP contribution in [0.5, 0.6) is 0 Å². The van der Waals surface area contributed by atoms with Gasteiger partial charge in [0.2, 0.25) is 0 Å².